The molecule has 5 N–H and O–H groups in total. The van der Waals surface area contributed by atoms with Crippen LogP contribution in [0, 0.1) is 11.8 Å². The average Bonchev–Trinajstić information content (AvgIpc) is 2.65. The van der Waals surface area contributed by atoms with Crippen LogP contribution in [-0.2, 0) is 7.05 Å². The number of hydrogen-bond donors (Lipinski definition) is 3. The number of rotatable bonds is 3. The molecule has 2 rings (SSSR count). The fourth-order valence-corrected chi connectivity index (χ4v) is 2.80. The van der Waals surface area contributed by atoms with Crippen molar-refractivity contribution in [2.45, 2.75) is 38.6 Å². The molecule has 5 nitrogen and oxygen atoms in total. The Morgan fingerprint density at radius 1 is 1.41 bits per heavy atom. The molecule has 0 bridgehead atoms. The smallest absolute Gasteiger partial charge is 0.126 e. The summed E-state index contributed by atoms with van der Waals surface area (Å²) in [5.41, 5.74) is 9.98. The largest absolute Gasteiger partial charge is 0.384 e. The molecule has 1 saturated carbocycles. The Hall–Kier alpha value is -1.07. The Labute approximate surface area is 103 Å². The Kier molecular flexibility index (Phi) is 3.69. The minimum absolute atomic E-state index is 0.135. The molecule has 1 fully saturated rings. The van der Waals surface area contributed by atoms with Gasteiger partial charge in [0.1, 0.15) is 5.82 Å². The minimum Gasteiger partial charge on any atom is -0.384 e. The van der Waals surface area contributed by atoms with Crippen molar-refractivity contribution in [1.29, 1.82) is 0 Å². The molecule has 5 heteroatoms. The monoisotopic (exact) mass is 237 g/mol. The first kappa shape index (κ1) is 12.4. The predicted octanol–water partition coefficient (Wildman–Crippen LogP) is 1.33. The summed E-state index contributed by atoms with van der Waals surface area (Å²) in [6, 6.07) is 0.135. The summed E-state index contributed by atoms with van der Waals surface area (Å²) in [7, 11) is 1.86. The maximum Gasteiger partial charge on any atom is 0.126 e. The van der Waals surface area contributed by atoms with Gasteiger partial charge in [0.2, 0.25) is 0 Å². The Morgan fingerprint density at radius 2 is 2.06 bits per heavy atom. The van der Waals surface area contributed by atoms with Gasteiger partial charge in [-0.2, -0.15) is 5.10 Å². The Morgan fingerprint density at radius 3 is 2.53 bits per heavy atom. The third kappa shape index (κ3) is 2.45. The van der Waals surface area contributed by atoms with Crippen molar-refractivity contribution >= 4 is 5.82 Å². The van der Waals surface area contributed by atoms with E-state index < -0.39 is 0 Å². The number of nitrogen functional groups attached to an aromatic ring is 1. The van der Waals surface area contributed by atoms with Gasteiger partial charge in [0.05, 0.1) is 12.2 Å². The zero-order valence-electron chi connectivity index (χ0n) is 10.7. The second kappa shape index (κ2) is 5.06. The predicted molar refractivity (Wildman–Crippen MR) is 68.8 cm³/mol. The summed E-state index contributed by atoms with van der Waals surface area (Å²) < 4.78 is 1.70. The van der Waals surface area contributed by atoms with Gasteiger partial charge in [-0.15, -0.1) is 0 Å². The average molecular weight is 237 g/mol. The van der Waals surface area contributed by atoms with E-state index in [-0.39, 0.29) is 6.04 Å². The number of aryl methyl sites for hydroxylation is 1. The summed E-state index contributed by atoms with van der Waals surface area (Å²) in [4.78, 5) is 0. The minimum atomic E-state index is 0.135. The highest BCUT2D eigenvalue weighted by Crippen LogP contribution is 2.37. The van der Waals surface area contributed by atoms with E-state index in [0.717, 1.165) is 11.5 Å². The molecule has 0 radical (unpaired) electrons. The van der Waals surface area contributed by atoms with Crippen LogP contribution in [0.2, 0.25) is 0 Å². The fraction of sp³-hybridized carbons (Fsp3) is 0.750. The van der Waals surface area contributed by atoms with Crippen molar-refractivity contribution in [2.75, 3.05) is 5.73 Å². The molecule has 0 aliphatic heterocycles. The maximum absolute atomic E-state index is 6.02. The van der Waals surface area contributed by atoms with Gasteiger partial charge in [0, 0.05) is 12.6 Å². The van der Waals surface area contributed by atoms with Crippen molar-refractivity contribution in [3.05, 3.63) is 11.8 Å². The summed E-state index contributed by atoms with van der Waals surface area (Å²) in [6.45, 7) is 2.32. The molecule has 1 aromatic heterocycles. The SMILES string of the molecule is CC1CCC(C(NN)c2cnn(C)c2N)CC1. The lowest BCUT2D eigenvalue weighted by Gasteiger charge is -2.32. The molecular weight excluding hydrogens is 214 g/mol. The van der Waals surface area contributed by atoms with E-state index in [9.17, 15) is 0 Å². The Balaban J connectivity index is 2.13. The lowest BCUT2D eigenvalue weighted by molar-refractivity contribution is 0.233. The van der Waals surface area contributed by atoms with Crippen LogP contribution in [0.4, 0.5) is 5.82 Å². The van der Waals surface area contributed by atoms with E-state index in [1.807, 2.05) is 13.2 Å². The first-order chi connectivity index (χ1) is 8.13. The molecule has 0 spiro atoms. The van der Waals surface area contributed by atoms with Gasteiger partial charge in [-0.1, -0.05) is 19.8 Å². The molecule has 1 aliphatic carbocycles. The standard InChI is InChI=1S/C12H23N5/c1-8-3-5-9(6-4-8)11(16-14)10-7-15-17(2)12(10)13/h7-9,11,16H,3-6,13-14H2,1-2H3. The highest BCUT2D eigenvalue weighted by Gasteiger charge is 2.28. The molecule has 1 heterocycles. The molecule has 0 aromatic carbocycles. The van der Waals surface area contributed by atoms with Gasteiger partial charge in [-0.05, 0) is 24.7 Å². The van der Waals surface area contributed by atoms with Gasteiger partial charge >= 0.3 is 0 Å². The number of aromatic nitrogens is 2. The normalized spacial score (nSPS) is 27.0. The van der Waals surface area contributed by atoms with Crippen molar-refractivity contribution in [2.24, 2.45) is 24.7 Å². The van der Waals surface area contributed by atoms with E-state index in [4.69, 9.17) is 11.6 Å². The van der Waals surface area contributed by atoms with Crippen molar-refractivity contribution in [3.63, 3.8) is 0 Å². The molecule has 17 heavy (non-hydrogen) atoms. The topological polar surface area (TPSA) is 81.9 Å². The Bertz CT molecular complexity index is 365. The van der Waals surface area contributed by atoms with E-state index in [1.54, 1.807) is 4.68 Å². The zero-order valence-corrected chi connectivity index (χ0v) is 10.7. The second-order valence-corrected chi connectivity index (χ2v) is 5.27. The van der Waals surface area contributed by atoms with Gasteiger partial charge < -0.3 is 5.73 Å². The van der Waals surface area contributed by atoms with E-state index >= 15 is 0 Å². The van der Waals surface area contributed by atoms with Gasteiger partial charge in [-0.25, -0.2) is 0 Å². The molecule has 1 aliphatic rings. The van der Waals surface area contributed by atoms with E-state index in [0.29, 0.717) is 11.7 Å². The van der Waals surface area contributed by atoms with Crippen LogP contribution < -0.4 is 17.0 Å². The number of hydrogen-bond acceptors (Lipinski definition) is 4. The maximum atomic E-state index is 6.02. The molecule has 0 amide bonds. The van der Waals surface area contributed by atoms with E-state index in [1.165, 1.54) is 25.7 Å². The second-order valence-electron chi connectivity index (χ2n) is 5.27. The van der Waals surface area contributed by atoms with Crippen molar-refractivity contribution in [1.82, 2.24) is 15.2 Å². The van der Waals surface area contributed by atoms with Crippen molar-refractivity contribution < 1.29 is 0 Å². The van der Waals surface area contributed by atoms with Gasteiger partial charge in [0.25, 0.3) is 0 Å². The first-order valence-corrected chi connectivity index (χ1v) is 6.37. The summed E-state index contributed by atoms with van der Waals surface area (Å²) >= 11 is 0. The summed E-state index contributed by atoms with van der Waals surface area (Å²) in [5, 5.41) is 4.19. The third-order valence-electron chi connectivity index (χ3n) is 4.06. The molecular formula is C12H23N5. The van der Waals surface area contributed by atoms with Gasteiger partial charge in [-0.3, -0.25) is 16.0 Å². The highest BCUT2D eigenvalue weighted by atomic mass is 15.3. The molecule has 96 valence electrons. The lowest BCUT2D eigenvalue weighted by atomic mass is 9.78. The van der Waals surface area contributed by atoms with Crippen LogP contribution in [0.3, 0.4) is 0 Å². The highest BCUT2D eigenvalue weighted by molar-refractivity contribution is 5.41. The number of hydrazine groups is 1. The van der Waals surface area contributed by atoms with Crippen LogP contribution in [-0.4, -0.2) is 9.78 Å². The third-order valence-corrected chi connectivity index (χ3v) is 4.06. The van der Waals surface area contributed by atoms with E-state index in [2.05, 4.69) is 17.4 Å². The molecule has 0 saturated heterocycles. The van der Waals surface area contributed by atoms with Crippen LogP contribution in [0.5, 0.6) is 0 Å². The van der Waals surface area contributed by atoms with Crippen LogP contribution in [0.1, 0.15) is 44.2 Å². The summed E-state index contributed by atoms with van der Waals surface area (Å²) in [6.07, 6.45) is 6.82. The summed E-state index contributed by atoms with van der Waals surface area (Å²) in [5.74, 6) is 7.84. The van der Waals surface area contributed by atoms with Crippen LogP contribution in [0.25, 0.3) is 0 Å². The van der Waals surface area contributed by atoms with Gasteiger partial charge in [0.15, 0.2) is 0 Å². The number of anilines is 1. The van der Waals surface area contributed by atoms with Crippen molar-refractivity contribution in [3.8, 4) is 0 Å². The number of nitrogens with zero attached hydrogens (tertiary/aromatic N) is 2. The number of nitrogens with two attached hydrogens (primary N) is 2. The molecule has 1 aromatic rings. The quantitative estimate of drug-likeness (QED) is 0.547. The zero-order chi connectivity index (χ0) is 12.4. The first-order valence-electron chi connectivity index (χ1n) is 6.37. The number of nitrogens with one attached hydrogen (secondary N) is 1. The van der Waals surface area contributed by atoms with Crippen LogP contribution >= 0.6 is 0 Å². The molecule has 1 unspecified atom stereocenters. The van der Waals surface area contributed by atoms with Crippen LogP contribution in [0.15, 0.2) is 6.20 Å². The fourth-order valence-electron chi connectivity index (χ4n) is 2.80. The lowest BCUT2D eigenvalue weighted by Crippen LogP contribution is -2.35. The molecule has 1 atom stereocenters.